The van der Waals surface area contributed by atoms with Gasteiger partial charge in [0.1, 0.15) is 35.9 Å². The van der Waals surface area contributed by atoms with E-state index < -0.39 is 41.7 Å². The number of fused-ring (bicyclic) bond motifs is 3. The minimum absolute atomic E-state index is 0.0766. The van der Waals surface area contributed by atoms with E-state index in [-0.39, 0.29) is 57.1 Å². The van der Waals surface area contributed by atoms with Gasteiger partial charge in [-0.15, -0.1) is 5.10 Å². The molecule has 1 spiro atoms. The van der Waals surface area contributed by atoms with E-state index >= 15 is 0 Å². The predicted molar refractivity (Wildman–Crippen MR) is 181 cm³/mol. The number of hydrogen-bond acceptors (Lipinski definition) is 9. The van der Waals surface area contributed by atoms with Crippen LogP contribution in [-0.2, 0) is 35.3 Å². The molecule has 0 saturated carbocycles. The lowest BCUT2D eigenvalue weighted by atomic mass is 9.78. The summed E-state index contributed by atoms with van der Waals surface area (Å²) in [5.74, 6) is -3.50. The first-order valence-corrected chi connectivity index (χ1v) is 17.4. The zero-order valence-corrected chi connectivity index (χ0v) is 27.8. The van der Waals surface area contributed by atoms with Gasteiger partial charge in [0.2, 0.25) is 11.8 Å². The second-order valence-electron chi connectivity index (χ2n) is 13.3. The Kier molecular flexibility index (Phi) is 9.77. The van der Waals surface area contributed by atoms with Crippen molar-refractivity contribution in [1.82, 2.24) is 30.1 Å². The summed E-state index contributed by atoms with van der Waals surface area (Å²) in [6, 6.07) is 15.6. The molecule has 3 amide bonds. The van der Waals surface area contributed by atoms with Gasteiger partial charge in [-0.3, -0.25) is 19.2 Å². The minimum atomic E-state index is -1.44. The highest BCUT2D eigenvalue weighted by atomic mass is 16.6. The lowest BCUT2D eigenvalue weighted by molar-refractivity contribution is -0.160. The number of benzene rings is 2. The molecule has 13 nitrogen and oxygen atoms in total. The molecule has 0 radical (unpaired) electrons. The Morgan fingerprint density at radius 1 is 0.940 bits per heavy atom. The third-order valence-corrected chi connectivity index (χ3v) is 10.2. The van der Waals surface area contributed by atoms with Gasteiger partial charge in [0.25, 0.3) is 5.91 Å². The molecule has 262 valence electrons. The van der Waals surface area contributed by atoms with Crippen molar-refractivity contribution in [1.29, 1.82) is 0 Å². The molecule has 2 saturated heterocycles. The van der Waals surface area contributed by atoms with Crippen LogP contribution in [0.4, 0.5) is 0 Å². The Morgan fingerprint density at radius 2 is 1.74 bits per heavy atom. The largest absolute Gasteiger partial charge is 0.455 e. The summed E-state index contributed by atoms with van der Waals surface area (Å²) in [5, 5.41) is 20.7. The van der Waals surface area contributed by atoms with Gasteiger partial charge >= 0.3 is 5.97 Å². The second-order valence-corrected chi connectivity index (χ2v) is 13.3. The van der Waals surface area contributed by atoms with Crippen molar-refractivity contribution in [3.63, 3.8) is 0 Å². The highest BCUT2D eigenvalue weighted by Gasteiger charge is 2.71. The maximum Gasteiger partial charge on any atom is 0.313 e. The number of carbonyl (C=O) groups is 4. The average Bonchev–Trinajstić information content (AvgIpc) is 3.72. The molecule has 5 heterocycles. The normalized spacial score (nSPS) is 29.0. The second kappa shape index (κ2) is 14.5. The van der Waals surface area contributed by atoms with Gasteiger partial charge in [0.15, 0.2) is 0 Å². The first-order chi connectivity index (χ1) is 24.4. The number of amides is 3. The number of carbonyl (C=O) groups excluding carboxylic acids is 4. The van der Waals surface area contributed by atoms with E-state index in [9.17, 15) is 24.3 Å². The number of hydrogen-bond donors (Lipinski definition) is 2. The van der Waals surface area contributed by atoms with E-state index in [4.69, 9.17) is 9.47 Å². The third kappa shape index (κ3) is 6.31. The van der Waals surface area contributed by atoms with E-state index in [2.05, 4.69) is 15.6 Å². The number of allylic oxidation sites excluding steroid dienone is 1. The van der Waals surface area contributed by atoms with E-state index in [1.165, 1.54) is 0 Å². The molecule has 2 aromatic carbocycles. The highest BCUT2D eigenvalue weighted by molar-refractivity contribution is 5.99. The molecule has 7 rings (SSSR count). The smallest absolute Gasteiger partial charge is 0.313 e. The van der Waals surface area contributed by atoms with Crippen LogP contribution in [0.3, 0.4) is 0 Å². The summed E-state index contributed by atoms with van der Waals surface area (Å²) < 4.78 is 14.6. The zero-order chi connectivity index (χ0) is 34.7. The van der Waals surface area contributed by atoms with Gasteiger partial charge in [-0.05, 0) is 37.0 Å². The van der Waals surface area contributed by atoms with Crippen molar-refractivity contribution in [2.45, 2.75) is 69.0 Å². The molecule has 4 aliphatic heterocycles. The quantitative estimate of drug-likeness (QED) is 0.197. The summed E-state index contributed by atoms with van der Waals surface area (Å²) in [5.41, 5.74) is 0.744. The number of unbranched alkanes of at least 4 members (excludes halogenated alkanes) is 3. The van der Waals surface area contributed by atoms with E-state index in [1.807, 2.05) is 60.7 Å². The molecule has 2 N–H and O–H groups in total. The monoisotopic (exact) mass is 682 g/mol. The lowest BCUT2D eigenvalue weighted by Crippen LogP contribution is -2.55. The number of nitrogens with zero attached hydrogens (tertiary/aromatic N) is 5. The lowest BCUT2D eigenvalue weighted by Gasteiger charge is -2.35. The van der Waals surface area contributed by atoms with Crippen LogP contribution >= 0.6 is 0 Å². The Bertz CT molecular complexity index is 1790. The third-order valence-electron chi connectivity index (χ3n) is 10.2. The number of para-hydroxylation sites is 1. The molecular formula is C37H42N6O7. The van der Waals surface area contributed by atoms with Gasteiger partial charge in [-0.2, -0.15) is 0 Å². The molecule has 3 aromatic rings. The Morgan fingerprint density at radius 3 is 2.58 bits per heavy atom. The molecule has 2 fully saturated rings. The topological polar surface area (TPSA) is 156 Å². The molecular weight excluding hydrogens is 640 g/mol. The van der Waals surface area contributed by atoms with Crippen LogP contribution in [0.2, 0.25) is 0 Å². The Labute approximate surface area is 289 Å². The summed E-state index contributed by atoms with van der Waals surface area (Å²) in [4.78, 5) is 59.6. The van der Waals surface area contributed by atoms with Crippen LogP contribution in [0, 0.1) is 11.8 Å². The molecule has 4 aliphatic rings. The van der Waals surface area contributed by atoms with Gasteiger partial charge in [-0.1, -0.05) is 84.8 Å². The molecule has 0 aliphatic carbocycles. The standard InChI is InChI=1S/C37H42N6O7/c44-22-11-2-1-10-21-42-33-35(47)41(24-43-27-16-7-6-15-26(27)39-40-43)20-12-19-37(33)32(34(42)46)31-28(50-37)17-8-9-18-30(45)38-23-29(49-36(31)48)25-13-4-3-5-14-25/h3-8,12-17,19,28-29,31-33,44H,1-2,9-11,18,20-24H2,(H,38,45)/b17-8-/t28-,29+,31+,32+,33-,37+/m1/s1. The van der Waals surface area contributed by atoms with Gasteiger partial charge in [-0.25, -0.2) is 4.68 Å². The van der Waals surface area contributed by atoms with Gasteiger partial charge in [0.05, 0.1) is 24.1 Å². The van der Waals surface area contributed by atoms with Crippen molar-refractivity contribution in [3.05, 3.63) is 84.5 Å². The molecule has 13 heteroatoms. The van der Waals surface area contributed by atoms with Crippen LogP contribution in [0.1, 0.15) is 50.2 Å². The molecule has 0 unspecified atom stereocenters. The van der Waals surface area contributed by atoms with Crippen LogP contribution in [0.5, 0.6) is 0 Å². The zero-order valence-electron chi connectivity index (χ0n) is 27.8. The highest BCUT2D eigenvalue weighted by Crippen LogP contribution is 2.53. The predicted octanol–water partition coefficient (Wildman–Crippen LogP) is 2.67. The molecule has 50 heavy (non-hydrogen) atoms. The number of ether oxygens (including phenoxy) is 2. The summed E-state index contributed by atoms with van der Waals surface area (Å²) >= 11 is 0. The van der Waals surface area contributed by atoms with Crippen LogP contribution in [-0.4, -0.2) is 97.6 Å². The number of rotatable bonds is 9. The minimum Gasteiger partial charge on any atom is -0.455 e. The first kappa shape index (κ1) is 33.6. The SMILES string of the molecule is O=C1CC/C=C\[C@H]2O[C@]34C=CCN(Cn5nnc6ccccc65)C(=O)[C@H]3N(CCCCCCO)C(=O)[C@@H]4[C@H]2C(=O)O[C@H](c2ccccc2)CN1. The fraction of sp³-hybridized carbons (Fsp3) is 0.459. The fourth-order valence-corrected chi connectivity index (χ4v) is 7.75. The number of esters is 1. The molecule has 6 atom stereocenters. The molecule has 0 bridgehead atoms. The van der Waals surface area contributed by atoms with Crippen LogP contribution < -0.4 is 5.32 Å². The van der Waals surface area contributed by atoms with E-state index in [0.29, 0.717) is 30.3 Å². The van der Waals surface area contributed by atoms with Crippen molar-refractivity contribution in [2.24, 2.45) is 11.8 Å². The maximum absolute atomic E-state index is 14.8. The van der Waals surface area contributed by atoms with E-state index in [0.717, 1.165) is 18.4 Å². The average molecular weight is 683 g/mol. The number of aromatic nitrogens is 3. The van der Waals surface area contributed by atoms with Gasteiger partial charge < -0.3 is 29.7 Å². The van der Waals surface area contributed by atoms with Crippen molar-refractivity contribution in [2.75, 3.05) is 26.2 Å². The number of aliphatic hydroxyl groups excluding tert-OH is 1. The summed E-state index contributed by atoms with van der Waals surface area (Å²) in [6.45, 7) is 0.795. The van der Waals surface area contributed by atoms with E-state index in [1.54, 1.807) is 32.7 Å². The van der Waals surface area contributed by atoms with Crippen molar-refractivity contribution >= 4 is 34.7 Å². The van der Waals surface area contributed by atoms with Crippen LogP contribution in [0.15, 0.2) is 78.9 Å². The number of aliphatic hydroxyl groups is 1. The van der Waals surface area contributed by atoms with Crippen LogP contribution in [0.25, 0.3) is 11.0 Å². The summed E-state index contributed by atoms with van der Waals surface area (Å²) in [6.07, 6.45) is 8.95. The van der Waals surface area contributed by atoms with Gasteiger partial charge in [0, 0.05) is 26.1 Å². The Balaban J connectivity index is 1.25. The first-order valence-electron chi connectivity index (χ1n) is 17.4. The number of nitrogens with one attached hydrogen (secondary N) is 1. The number of cyclic esters (lactones) is 1. The fourth-order valence-electron chi connectivity index (χ4n) is 7.75. The molecule has 1 aromatic heterocycles. The van der Waals surface area contributed by atoms with Crippen molar-refractivity contribution < 1.29 is 33.8 Å². The van der Waals surface area contributed by atoms with Crippen molar-refractivity contribution in [3.8, 4) is 0 Å². The maximum atomic E-state index is 14.8. The Hall–Kier alpha value is -4.88. The number of likely N-dealkylation sites (tertiary alicyclic amines) is 1. The summed E-state index contributed by atoms with van der Waals surface area (Å²) in [7, 11) is 0.